The standard InChI is InChI=1S/C36H49ClF2N8O4S/c37-32-17-25(36(38,39)24-3-1-23(2-4-24)35(49)42-28-5-6-30(20-28)45-12-11-26(40)21-45)18-33(43-32)44-13-15-46(16-14-44)52(50,51)31-9-7-29(8-10-31)47-22-27(41)19-34(47)48/h7-10,17-18,23-24,26-28,30H,1-6,11-16,19-22,40-41H2,(H,42,49)/t23?,24?,26-,27-,28+,30-/m1/s1. The molecule has 5 aliphatic rings. The molecule has 1 aromatic carbocycles. The molecule has 2 saturated carbocycles. The Kier molecular flexibility index (Phi) is 10.8. The van der Waals surface area contributed by atoms with E-state index in [0.29, 0.717) is 31.1 Å². The lowest BCUT2D eigenvalue weighted by Gasteiger charge is -2.36. The molecule has 4 atom stereocenters. The number of halogens is 3. The van der Waals surface area contributed by atoms with Crippen LogP contribution < -0.4 is 26.6 Å². The molecule has 0 radical (unpaired) electrons. The molecule has 2 aromatic rings. The summed E-state index contributed by atoms with van der Waals surface area (Å²) in [4.78, 5) is 35.6. The van der Waals surface area contributed by atoms with Crippen molar-refractivity contribution in [3.05, 3.63) is 47.1 Å². The molecule has 0 unspecified atom stereocenters. The number of carbonyl (C=O) groups is 2. The van der Waals surface area contributed by atoms with Crippen molar-refractivity contribution in [1.82, 2.24) is 19.5 Å². The molecule has 16 heteroatoms. The number of aromatic nitrogens is 1. The molecule has 3 aliphatic heterocycles. The Labute approximate surface area is 309 Å². The van der Waals surface area contributed by atoms with Gasteiger partial charge in [0.25, 0.3) is 5.92 Å². The lowest BCUT2D eigenvalue weighted by molar-refractivity contribution is -0.129. The van der Waals surface area contributed by atoms with Gasteiger partial charge in [-0.05, 0) is 87.8 Å². The van der Waals surface area contributed by atoms with E-state index in [0.717, 1.165) is 38.8 Å². The van der Waals surface area contributed by atoms with Crippen LogP contribution >= 0.6 is 11.6 Å². The van der Waals surface area contributed by atoms with E-state index in [9.17, 15) is 18.0 Å². The fourth-order valence-electron chi connectivity index (χ4n) is 8.77. The maximum Gasteiger partial charge on any atom is 0.276 e. The van der Waals surface area contributed by atoms with Gasteiger partial charge in [0.15, 0.2) is 0 Å². The van der Waals surface area contributed by atoms with Crippen LogP contribution in [0.25, 0.3) is 0 Å². The summed E-state index contributed by atoms with van der Waals surface area (Å²) in [6, 6.07) is 9.29. The first-order valence-electron chi connectivity index (χ1n) is 18.5. The molecule has 5 fully saturated rings. The number of nitrogens with two attached hydrogens (primary N) is 2. The third kappa shape index (κ3) is 7.81. The highest BCUT2D eigenvalue weighted by molar-refractivity contribution is 7.89. The largest absolute Gasteiger partial charge is 0.354 e. The topological polar surface area (TPSA) is 158 Å². The summed E-state index contributed by atoms with van der Waals surface area (Å²) in [5.74, 6) is -4.25. The normalized spacial score (nSPS) is 29.6. The molecule has 5 N–H and O–H groups in total. The third-order valence-corrected chi connectivity index (χ3v) is 13.9. The second-order valence-corrected chi connectivity index (χ2v) is 17.6. The number of rotatable bonds is 9. The van der Waals surface area contributed by atoms with Crippen LogP contribution in [0.1, 0.15) is 63.4 Å². The van der Waals surface area contributed by atoms with Crippen LogP contribution in [0, 0.1) is 11.8 Å². The highest BCUT2D eigenvalue weighted by Gasteiger charge is 2.45. The SMILES string of the molecule is N[C@@H]1CC(=O)N(c2ccc(S(=O)(=O)N3CCN(c4cc(C(F)(F)C5CCC(C(=O)N[C@H]6CC[C@@H](N7CC[C@@H](N)C7)C6)CC5)cc(Cl)n4)CC3)cc2)C1. The van der Waals surface area contributed by atoms with Gasteiger partial charge in [0.1, 0.15) is 11.0 Å². The number of nitrogens with one attached hydrogen (secondary N) is 1. The van der Waals surface area contributed by atoms with Gasteiger partial charge in [-0.3, -0.25) is 14.5 Å². The fraction of sp³-hybridized carbons (Fsp3) is 0.639. The van der Waals surface area contributed by atoms with Crippen LogP contribution in [0.3, 0.4) is 0 Å². The van der Waals surface area contributed by atoms with Crippen molar-refractivity contribution in [2.75, 3.05) is 55.6 Å². The molecule has 1 aromatic heterocycles. The monoisotopic (exact) mass is 762 g/mol. The van der Waals surface area contributed by atoms with Gasteiger partial charge in [0.2, 0.25) is 21.8 Å². The molecule has 7 rings (SSSR count). The number of carbonyl (C=O) groups excluding carboxylic acids is 2. The van der Waals surface area contributed by atoms with E-state index in [1.54, 1.807) is 21.9 Å². The highest BCUT2D eigenvalue weighted by atomic mass is 35.5. The predicted octanol–water partition coefficient (Wildman–Crippen LogP) is 3.28. The van der Waals surface area contributed by atoms with Crippen LogP contribution in [-0.4, -0.2) is 104 Å². The number of likely N-dealkylation sites (tertiary alicyclic amines) is 1. The third-order valence-electron chi connectivity index (χ3n) is 11.8. The van der Waals surface area contributed by atoms with Gasteiger partial charge in [-0.2, -0.15) is 4.31 Å². The number of pyridine rings is 1. The number of nitrogens with zero attached hydrogens (tertiary/aromatic N) is 5. The van der Waals surface area contributed by atoms with E-state index in [2.05, 4.69) is 15.2 Å². The number of piperazine rings is 1. The molecule has 0 bridgehead atoms. The number of hydrogen-bond donors (Lipinski definition) is 3. The number of amides is 2. The lowest BCUT2D eigenvalue weighted by Crippen LogP contribution is -2.49. The average Bonchev–Trinajstić information content (AvgIpc) is 3.87. The summed E-state index contributed by atoms with van der Waals surface area (Å²) in [5.41, 5.74) is 12.4. The maximum atomic E-state index is 16.1. The number of anilines is 2. The number of sulfonamides is 1. The first-order chi connectivity index (χ1) is 24.8. The van der Waals surface area contributed by atoms with Crippen LogP contribution in [0.4, 0.5) is 20.3 Å². The first-order valence-corrected chi connectivity index (χ1v) is 20.4. The molecule has 4 heterocycles. The van der Waals surface area contributed by atoms with E-state index < -0.39 is 21.9 Å². The summed E-state index contributed by atoms with van der Waals surface area (Å²) >= 11 is 6.31. The van der Waals surface area contributed by atoms with Crippen molar-refractivity contribution < 1.29 is 26.8 Å². The molecule has 12 nitrogen and oxygen atoms in total. The van der Waals surface area contributed by atoms with E-state index in [4.69, 9.17) is 23.1 Å². The zero-order valence-electron chi connectivity index (χ0n) is 29.3. The van der Waals surface area contributed by atoms with Crippen molar-refractivity contribution in [1.29, 1.82) is 0 Å². The second kappa shape index (κ2) is 15.1. The Morgan fingerprint density at radius 1 is 0.904 bits per heavy atom. The van der Waals surface area contributed by atoms with Gasteiger partial charge in [-0.1, -0.05) is 11.6 Å². The summed E-state index contributed by atoms with van der Waals surface area (Å²) in [7, 11) is -3.83. The summed E-state index contributed by atoms with van der Waals surface area (Å²) in [6.45, 7) is 3.04. The minimum atomic E-state index is -3.83. The summed E-state index contributed by atoms with van der Waals surface area (Å²) in [5, 5.41) is 3.16. The average molecular weight is 763 g/mol. The van der Waals surface area contributed by atoms with Crippen molar-refractivity contribution in [3.8, 4) is 0 Å². The van der Waals surface area contributed by atoms with Crippen LogP contribution in [0.15, 0.2) is 41.3 Å². The summed E-state index contributed by atoms with van der Waals surface area (Å²) < 4.78 is 60.4. The Balaban J connectivity index is 0.921. The highest BCUT2D eigenvalue weighted by Crippen LogP contribution is 2.46. The Morgan fingerprint density at radius 3 is 2.25 bits per heavy atom. The Bertz CT molecular complexity index is 1740. The fourth-order valence-corrected chi connectivity index (χ4v) is 10.4. The minimum Gasteiger partial charge on any atom is -0.354 e. The Hall–Kier alpha value is -2.95. The molecule has 3 saturated heterocycles. The first kappa shape index (κ1) is 37.4. The molecule has 0 spiro atoms. The zero-order chi connectivity index (χ0) is 36.8. The molecule has 52 heavy (non-hydrogen) atoms. The molecule has 284 valence electrons. The smallest absolute Gasteiger partial charge is 0.276 e. The van der Waals surface area contributed by atoms with Crippen molar-refractivity contribution in [2.24, 2.45) is 23.3 Å². The van der Waals surface area contributed by atoms with Crippen LogP contribution in [0.2, 0.25) is 5.15 Å². The predicted molar refractivity (Wildman–Crippen MR) is 195 cm³/mol. The van der Waals surface area contributed by atoms with E-state index in [1.807, 2.05) is 0 Å². The lowest BCUT2D eigenvalue weighted by atomic mass is 9.77. The van der Waals surface area contributed by atoms with Gasteiger partial charge in [0.05, 0.1) is 4.90 Å². The van der Waals surface area contributed by atoms with Gasteiger partial charge in [-0.25, -0.2) is 22.2 Å². The molecule has 2 amide bonds. The van der Waals surface area contributed by atoms with Gasteiger partial charge >= 0.3 is 0 Å². The van der Waals surface area contributed by atoms with Crippen molar-refractivity contribution >= 4 is 44.9 Å². The number of hydrogen-bond acceptors (Lipinski definition) is 9. The molecule has 2 aliphatic carbocycles. The van der Waals surface area contributed by atoms with Crippen LogP contribution in [-0.2, 0) is 25.5 Å². The van der Waals surface area contributed by atoms with E-state index in [-0.39, 0.29) is 103 Å². The quantitative estimate of drug-likeness (QED) is 0.326. The van der Waals surface area contributed by atoms with Gasteiger partial charge in [-0.15, -0.1) is 0 Å². The molecular formula is C36H49ClF2N8O4S. The molecular weight excluding hydrogens is 714 g/mol. The number of alkyl halides is 2. The van der Waals surface area contributed by atoms with Crippen LogP contribution in [0.5, 0.6) is 0 Å². The Morgan fingerprint density at radius 2 is 1.62 bits per heavy atom. The van der Waals surface area contributed by atoms with Gasteiger partial charge in [0, 0.05) is 99.5 Å². The van der Waals surface area contributed by atoms with E-state index >= 15 is 8.78 Å². The summed E-state index contributed by atoms with van der Waals surface area (Å²) in [6.07, 6.45) is 5.39. The number of benzene rings is 1. The van der Waals surface area contributed by atoms with Gasteiger partial charge < -0.3 is 26.6 Å². The zero-order valence-corrected chi connectivity index (χ0v) is 30.9. The second-order valence-electron chi connectivity index (χ2n) is 15.3. The van der Waals surface area contributed by atoms with E-state index in [1.165, 1.54) is 28.6 Å². The van der Waals surface area contributed by atoms with Crippen molar-refractivity contribution in [3.63, 3.8) is 0 Å². The minimum absolute atomic E-state index is 0.0262. The maximum absolute atomic E-state index is 16.1. The van der Waals surface area contributed by atoms with Crippen molar-refractivity contribution in [2.45, 2.75) is 92.8 Å².